The van der Waals surface area contributed by atoms with Gasteiger partial charge in [-0.1, -0.05) is 270 Å². The van der Waals surface area contributed by atoms with Crippen LogP contribution in [0.4, 0.5) is 0 Å². The number of unbranched alkanes of at least 4 members (excludes halogenated alkanes) is 40. The predicted molar refractivity (Wildman–Crippen MR) is 384 cm³/mol. The van der Waals surface area contributed by atoms with Crippen molar-refractivity contribution in [2.45, 2.75) is 427 Å². The standard InChI is InChI=1S/C76H141O24P/c1-4-7-10-13-16-19-22-25-27-29-31-33-36-39-42-45-48-51-61(79)93-56-59-64(82)66(84)71(89)76(97-59)99-73-69(87)67(85)68(86)72(98-75-70(88)65(83)63(81)58(53-77)96-75)74(73)100-101(90,91)94-55-57(54-92-60(78)50-47-44-41-38-35-32-24-21-18-15-12-9-6-3)95-62(80)52-49-46-43-40-37-34-30-28-26-23-20-17-14-11-8-5-2/h32,35,57-59,63-77,81-89H,4-31,33-34,36-56H2,1-3H3,(H,90,91)/b35-32-. The van der Waals surface area contributed by atoms with Crippen LogP contribution in [0.2, 0.25) is 0 Å². The van der Waals surface area contributed by atoms with Gasteiger partial charge in [0.05, 0.1) is 13.2 Å². The van der Waals surface area contributed by atoms with Crippen molar-refractivity contribution >= 4 is 25.7 Å². The highest BCUT2D eigenvalue weighted by Crippen LogP contribution is 2.49. The van der Waals surface area contributed by atoms with Crippen LogP contribution in [0.3, 0.4) is 0 Å². The first-order chi connectivity index (χ1) is 48.8. The van der Waals surface area contributed by atoms with Gasteiger partial charge in [-0.3, -0.25) is 23.4 Å². The average molecular weight is 1470 g/mol. The Bertz CT molecular complexity index is 2130. The van der Waals surface area contributed by atoms with Gasteiger partial charge in [-0.05, 0) is 44.9 Å². The fourth-order valence-corrected chi connectivity index (χ4v) is 14.2. The number of rotatable bonds is 63. The molecule has 11 N–H and O–H groups in total. The Morgan fingerprint density at radius 2 is 0.693 bits per heavy atom. The summed E-state index contributed by atoms with van der Waals surface area (Å²) in [6, 6.07) is 0. The lowest BCUT2D eigenvalue weighted by atomic mass is 9.84. The third-order valence-corrected chi connectivity index (χ3v) is 20.8. The molecule has 0 amide bonds. The molecule has 3 aliphatic rings. The van der Waals surface area contributed by atoms with E-state index >= 15 is 0 Å². The summed E-state index contributed by atoms with van der Waals surface area (Å²) in [5.74, 6) is -1.99. The zero-order chi connectivity index (χ0) is 73.9. The van der Waals surface area contributed by atoms with Crippen LogP contribution in [0.1, 0.15) is 323 Å². The molecular formula is C76H141O24P. The average Bonchev–Trinajstić information content (AvgIpc) is 0.760. The van der Waals surface area contributed by atoms with Crippen molar-refractivity contribution in [3.05, 3.63) is 12.2 Å². The topological polar surface area (TPSA) is 374 Å². The number of allylic oxidation sites excluding steroid dienone is 2. The number of carbonyl (C=O) groups excluding carboxylic acids is 3. The zero-order valence-electron chi connectivity index (χ0n) is 62.2. The lowest BCUT2D eigenvalue weighted by Gasteiger charge is -2.49. The molecule has 18 unspecified atom stereocenters. The molecule has 3 rings (SSSR count). The third-order valence-electron chi connectivity index (χ3n) is 19.8. The van der Waals surface area contributed by atoms with Gasteiger partial charge in [0.15, 0.2) is 18.7 Å². The third kappa shape index (κ3) is 40.5. The highest BCUT2D eigenvalue weighted by Gasteiger charge is 2.58. The van der Waals surface area contributed by atoms with Crippen molar-refractivity contribution < 1.29 is 117 Å². The fraction of sp³-hybridized carbons (Fsp3) is 0.934. The lowest BCUT2D eigenvalue weighted by molar-refractivity contribution is -0.360. The van der Waals surface area contributed by atoms with Crippen LogP contribution >= 0.6 is 7.82 Å². The second-order valence-electron chi connectivity index (χ2n) is 28.8. The molecule has 2 saturated heterocycles. The fourth-order valence-electron chi connectivity index (χ4n) is 13.3. The van der Waals surface area contributed by atoms with Crippen molar-refractivity contribution in [1.82, 2.24) is 0 Å². The van der Waals surface area contributed by atoms with Crippen molar-refractivity contribution in [1.29, 1.82) is 0 Å². The molecule has 18 atom stereocenters. The summed E-state index contributed by atoms with van der Waals surface area (Å²) in [5, 5.41) is 110. The van der Waals surface area contributed by atoms with Crippen LogP contribution < -0.4 is 0 Å². The number of phosphoric acid groups is 1. The smallest absolute Gasteiger partial charge is 0.463 e. The van der Waals surface area contributed by atoms with Crippen LogP contribution in [-0.4, -0.2) is 204 Å². The molecule has 2 aliphatic heterocycles. The van der Waals surface area contributed by atoms with E-state index in [1.165, 1.54) is 167 Å². The van der Waals surface area contributed by atoms with E-state index in [0.29, 0.717) is 19.3 Å². The molecule has 101 heavy (non-hydrogen) atoms. The van der Waals surface area contributed by atoms with Crippen LogP contribution in [0.25, 0.3) is 0 Å². The minimum atomic E-state index is -5.70. The predicted octanol–water partition coefficient (Wildman–Crippen LogP) is 11.9. The minimum absolute atomic E-state index is 0.0279. The number of esters is 3. The Kier molecular flexibility index (Phi) is 53.2. The van der Waals surface area contributed by atoms with Crippen LogP contribution in [0, 0.1) is 0 Å². The van der Waals surface area contributed by atoms with E-state index in [2.05, 4.69) is 32.9 Å². The Labute approximate surface area is 605 Å². The molecule has 1 saturated carbocycles. The number of hydrogen-bond acceptors (Lipinski definition) is 23. The van der Waals surface area contributed by atoms with Crippen molar-refractivity contribution in [2.24, 2.45) is 0 Å². The number of carbonyl (C=O) groups is 3. The molecule has 0 aromatic rings. The van der Waals surface area contributed by atoms with Gasteiger partial charge >= 0.3 is 25.7 Å². The SMILES string of the molecule is CCCCCCCC/C=C\CCCCCC(=O)OCC(COP(=O)(O)OC1C(OC2OC(CO)C(O)C(O)C2O)C(O)C(O)C(O)C1OC1OC(COC(=O)CCCCCCCCCCCCCCCCCCC)C(O)C(O)C1O)OC(=O)CCCCCCCCCCCCCCCCCC. The molecule has 1 aliphatic carbocycles. The van der Waals surface area contributed by atoms with E-state index in [9.17, 15) is 74.9 Å². The lowest BCUT2D eigenvalue weighted by Crippen LogP contribution is -2.69. The summed E-state index contributed by atoms with van der Waals surface area (Å²) in [4.78, 5) is 51.1. The van der Waals surface area contributed by atoms with Gasteiger partial charge in [0.2, 0.25) is 0 Å². The molecule has 0 radical (unpaired) electrons. The van der Waals surface area contributed by atoms with Gasteiger partial charge < -0.3 is 89.1 Å². The number of aliphatic hydroxyl groups is 10. The maximum Gasteiger partial charge on any atom is 0.472 e. The van der Waals surface area contributed by atoms with Gasteiger partial charge in [0.25, 0.3) is 0 Å². The largest absolute Gasteiger partial charge is 0.472 e. The molecule has 0 spiro atoms. The highest BCUT2D eigenvalue weighted by molar-refractivity contribution is 7.47. The summed E-state index contributed by atoms with van der Waals surface area (Å²) in [6.07, 6.45) is 18.3. The maximum atomic E-state index is 14.4. The number of ether oxygens (including phenoxy) is 7. The van der Waals surface area contributed by atoms with Gasteiger partial charge in [-0.15, -0.1) is 0 Å². The van der Waals surface area contributed by atoms with E-state index in [4.69, 9.17) is 42.2 Å². The minimum Gasteiger partial charge on any atom is -0.463 e. The Morgan fingerprint density at radius 1 is 0.376 bits per heavy atom. The van der Waals surface area contributed by atoms with E-state index in [-0.39, 0.29) is 19.3 Å². The van der Waals surface area contributed by atoms with E-state index < -0.39 is 156 Å². The summed E-state index contributed by atoms with van der Waals surface area (Å²) >= 11 is 0. The van der Waals surface area contributed by atoms with Gasteiger partial charge in [-0.2, -0.15) is 0 Å². The number of phosphoric ester groups is 1. The Balaban J connectivity index is 1.70. The first kappa shape index (κ1) is 92.9. The van der Waals surface area contributed by atoms with Crippen LogP contribution in [-0.2, 0) is 61.2 Å². The first-order valence-electron chi connectivity index (χ1n) is 40.0. The molecule has 24 nitrogen and oxygen atoms in total. The van der Waals surface area contributed by atoms with E-state index in [1.54, 1.807) is 0 Å². The van der Waals surface area contributed by atoms with Gasteiger partial charge in [0.1, 0.15) is 98.7 Å². The molecular weight excluding hydrogens is 1330 g/mol. The molecule has 0 bridgehead atoms. The van der Waals surface area contributed by atoms with Crippen molar-refractivity contribution in [3.63, 3.8) is 0 Å². The summed E-state index contributed by atoms with van der Waals surface area (Å²) in [5.41, 5.74) is 0. The molecule has 3 fully saturated rings. The van der Waals surface area contributed by atoms with Crippen molar-refractivity contribution in [3.8, 4) is 0 Å². The normalized spacial score (nSPS) is 27.2. The number of aliphatic hydroxyl groups excluding tert-OH is 10. The number of hydrogen-bond donors (Lipinski definition) is 11. The second kappa shape index (κ2) is 57.8. The first-order valence-corrected chi connectivity index (χ1v) is 41.5. The molecule has 0 aromatic carbocycles. The maximum absolute atomic E-state index is 14.4. The Hall–Kier alpha value is -2.30. The van der Waals surface area contributed by atoms with E-state index in [1.807, 2.05) is 0 Å². The molecule has 0 aromatic heterocycles. The monoisotopic (exact) mass is 1470 g/mol. The van der Waals surface area contributed by atoms with Crippen LogP contribution in [0.15, 0.2) is 12.2 Å². The van der Waals surface area contributed by atoms with Crippen molar-refractivity contribution in [2.75, 3.05) is 26.4 Å². The molecule has 25 heteroatoms. The summed E-state index contributed by atoms with van der Waals surface area (Å²) in [7, 11) is -5.70. The Morgan fingerprint density at radius 3 is 1.08 bits per heavy atom. The van der Waals surface area contributed by atoms with E-state index in [0.717, 1.165) is 96.3 Å². The zero-order valence-corrected chi connectivity index (χ0v) is 63.1. The molecule has 2 heterocycles. The van der Waals surface area contributed by atoms with Crippen LogP contribution in [0.5, 0.6) is 0 Å². The van der Waals surface area contributed by atoms with Gasteiger partial charge in [-0.25, -0.2) is 4.57 Å². The highest BCUT2D eigenvalue weighted by atomic mass is 31.2. The summed E-state index contributed by atoms with van der Waals surface area (Å²) in [6.45, 7) is 3.47. The quantitative estimate of drug-likeness (QED) is 0.00886. The molecule has 594 valence electrons. The van der Waals surface area contributed by atoms with Gasteiger partial charge in [0, 0.05) is 19.3 Å². The second-order valence-corrected chi connectivity index (χ2v) is 30.2. The summed E-state index contributed by atoms with van der Waals surface area (Å²) < 4.78 is 65.1.